The lowest BCUT2D eigenvalue weighted by atomic mass is 10.2. The Labute approximate surface area is 164 Å². The second-order valence-electron chi connectivity index (χ2n) is 7.15. The topological polar surface area (TPSA) is 35.6 Å². The van der Waals surface area contributed by atoms with Crippen LogP contribution >= 0.6 is 11.6 Å². The third kappa shape index (κ3) is 5.76. The summed E-state index contributed by atoms with van der Waals surface area (Å²) >= 11 is 6.06. The predicted octanol–water partition coefficient (Wildman–Crippen LogP) is 3.30. The van der Waals surface area contributed by atoms with Gasteiger partial charge in [-0.1, -0.05) is 48.0 Å². The summed E-state index contributed by atoms with van der Waals surface area (Å²) in [4.78, 5) is 16.5. The summed E-state index contributed by atoms with van der Waals surface area (Å²) in [5.74, 6) is -0.390. The van der Waals surface area contributed by atoms with E-state index < -0.39 is 0 Å². The molecule has 27 heavy (non-hydrogen) atoms. The van der Waals surface area contributed by atoms with Crippen LogP contribution in [0.3, 0.4) is 0 Å². The average molecular weight is 390 g/mol. The molecule has 6 heteroatoms. The Hall–Kier alpha value is -1.95. The molecule has 1 atom stereocenters. The lowest BCUT2D eigenvalue weighted by molar-refractivity contribution is -0.122. The average Bonchev–Trinajstić information content (AvgIpc) is 3.05. The van der Waals surface area contributed by atoms with E-state index in [4.69, 9.17) is 11.6 Å². The number of amides is 1. The van der Waals surface area contributed by atoms with Crippen molar-refractivity contribution in [2.45, 2.75) is 25.6 Å². The minimum Gasteiger partial charge on any atom is -0.351 e. The van der Waals surface area contributed by atoms with Crippen LogP contribution in [-0.4, -0.2) is 48.4 Å². The fourth-order valence-corrected chi connectivity index (χ4v) is 3.69. The van der Waals surface area contributed by atoms with E-state index >= 15 is 0 Å². The molecule has 1 fully saturated rings. The predicted molar refractivity (Wildman–Crippen MR) is 106 cm³/mol. The molecule has 1 aliphatic rings. The number of rotatable bonds is 7. The zero-order valence-electron chi connectivity index (χ0n) is 15.5. The van der Waals surface area contributed by atoms with Crippen molar-refractivity contribution in [2.24, 2.45) is 0 Å². The van der Waals surface area contributed by atoms with Gasteiger partial charge in [0, 0.05) is 42.8 Å². The van der Waals surface area contributed by atoms with Gasteiger partial charge >= 0.3 is 0 Å². The lowest BCUT2D eigenvalue weighted by Gasteiger charge is -2.20. The molecular weight excluding hydrogens is 365 g/mol. The third-order valence-electron chi connectivity index (χ3n) is 4.79. The molecule has 1 aliphatic heterocycles. The molecule has 2 aromatic rings. The number of likely N-dealkylation sites (tertiary alicyclic amines) is 1. The SMILES string of the molecule is CN(CC(=O)N[C@H]1CCN(Cc2ccccc2)C1)Cc1c(F)cccc1Cl. The number of nitrogens with one attached hydrogen (secondary N) is 1. The van der Waals surface area contributed by atoms with Crippen molar-refractivity contribution in [1.29, 1.82) is 0 Å². The van der Waals surface area contributed by atoms with Gasteiger partial charge < -0.3 is 5.32 Å². The van der Waals surface area contributed by atoms with Gasteiger partial charge in [-0.05, 0) is 31.2 Å². The van der Waals surface area contributed by atoms with Gasteiger partial charge in [0.1, 0.15) is 5.82 Å². The van der Waals surface area contributed by atoms with Gasteiger partial charge in [0.2, 0.25) is 5.91 Å². The summed E-state index contributed by atoms with van der Waals surface area (Å²) in [7, 11) is 1.79. The molecule has 1 saturated heterocycles. The van der Waals surface area contributed by atoms with Gasteiger partial charge in [-0.25, -0.2) is 4.39 Å². The summed E-state index contributed by atoms with van der Waals surface area (Å²) < 4.78 is 13.9. The molecule has 144 valence electrons. The second kappa shape index (κ2) is 9.31. The summed E-state index contributed by atoms with van der Waals surface area (Å²) in [6.45, 7) is 3.23. The monoisotopic (exact) mass is 389 g/mol. The van der Waals surface area contributed by atoms with Crippen molar-refractivity contribution < 1.29 is 9.18 Å². The minimum atomic E-state index is -0.345. The normalized spacial score (nSPS) is 17.4. The highest BCUT2D eigenvalue weighted by molar-refractivity contribution is 6.31. The maximum absolute atomic E-state index is 13.9. The van der Waals surface area contributed by atoms with Crippen LogP contribution in [0.1, 0.15) is 17.5 Å². The summed E-state index contributed by atoms with van der Waals surface area (Å²) in [5.41, 5.74) is 1.70. The van der Waals surface area contributed by atoms with Crippen molar-refractivity contribution >= 4 is 17.5 Å². The Morgan fingerprint density at radius 2 is 2.04 bits per heavy atom. The molecule has 0 saturated carbocycles. The van der Waals surface area contributed by atoms with Gasteiger partial charge in [-0.2, -0.15) is 0 Å². The fraction of sp³-hybridized carbons (Fsp3) is 0.381. The van der Waals surface area contributed by atoms with E-state index in [9.17, 15) is 9.18 Å². The lowest BCUT2D eigenvalue weighted by Crippen LogP contribution is -2.42. The number of carbonyl (C=O) groups is 1. The van der Waals surface area contributed by atoms with E-state index in [2.05, 4.69) is 22.3 Å². The quantitative estimate of drug-likeness (QED) is 0.789. The van der Waals surface area contributed by atoms with Crippen molar-refractivity contribution in [3.8, 4) is 0 Å². The molecule has 4 nitrogen and oxygen atoms in total. The van der Waals surface area contributed by atoms with Crippen LogP contribution in [0.4, 0.5) is 4.39 Å². The van der Waals surface area contributed by atoms with Crippen molar-refractivity contribution in [1.82, 2.24) is 15.1 Å². The Bertz CT molecular complexity index is 751. The van der Waals surface area contributed by atoms with E-state index in [0.717, 1.165) is 26.1 Å². The first-order valence-electron chi connectivity index (χ1n) is 9.18. The number of halogens is 2. The highest BCUT2D eigenvalue weighted by Crippen LogP contribution is 2.20. The van der Waals surface area contributed by atoms with Crippen LogP contribution in [0.5, 0.6) is 0 Å². The molecule has 0 aliphatic carbocycles. The standard InChI is InChI=1S/C21H25ClFN3O/c1-25(14-18-19(22)8-5-9-20(18)23)15-21(27)24-17-10-11-26(13-17)12-16-6-3-2-4-7-16/h2-9,17H,10-15H2,1H3,(H,24,27)/t17-/m0/s1. The number of hydrogen-bond acceptors (Lipinski definition) is 3. The summed E-state index contributed by atoms with van der Waals surface area (Å²) in [5, 5.41) is 3.48. The maximum Gasteiger partial charge on any atom is 0.234 e. The smallest absolute Gasteiger partial charge is 0.234 e. The van der Waals surface area contributed by atoms with Crippen molar-refractivity contribution in [3.05, 3.63) is 70.5 Å². The van der Waals surface area contributed by atoms with Crippen LogP contribution in [-0.2, 0) is 17.9 Å². The highest BCUT2D eigenvalue weighted by atomic mass is 35.5. The number of likely N-dealkylation sites (N-methyl/N-ethyl adjacent to an activating group) is 1. The summed E-state index contributed by atoms with van der Waals surface area (Å²) in [6, 6.07) is 15.1. The van der Waals surface area contributed by atoms with Gasteiger partial charge in [0.15, 0.2) is 0 Å². The Balaban J connectivity index is 1.44. The van der Waals surface area contributed by atoms with Gasteiger partial charge in [0.25, 0.3) is 0 Å². The Kier molecular flexibility index (Phi) is 6.83. The number of carbonyl (C=O) groups excluding carboxylic acids is 1. The zero-order valence-corrected chi connectivity index (χ0v) is 16.3. The van der Waals surface area contributed by atoms with Crippen molar-refractivity contribution in [2.75, 3.05) is 26.7 Å². The summed E-state index contributed by atoms with van der Waals surface area (Å²) in [6.07, 6.45) is 0.946. The van der Waals surface area contributed by atoms with E-state index in [-0.39, 0.29) is 24.3 Å². The molecular formula is C21H25ClFN3O. The Morgan fingerprint density at radius 1 is 1.26 bits per heavy atom. The van der Waals surface area contributed by atoms with Crippen LogP contribution in [0, 0.1) is 5.82 Å². The molecule has 1 N–H and O–H groups in total. The molecule has 0 unspecified atom stereocenters. The third-order valence-corrected chi connectivity index (χ3v) is 5.14. The first-order chi connectivity index (χ1) is 13.0. The van der Waals surface area contributed by atoms with Crippen molar-refractivity contribution in [3.63, 3.8) is 0 Å². The molecule has 0 aromatic heterocycles. The molecule has 0 bridgehead atoms. The molecule has 3 rings (SSSR count). The molecule has 0 radical (unpaired) electrons. The van der Waals surface area contributed by atoms with Gasteiger partial charge in [-0.3, -0.25) is 14.6 Å². The second-order valence-corrected chi connectivity index (χ2v) is 7.55. The van der Waals surface area contributed by atoms with E-state index in [1.54, 1.807) is 24.1 Å². The van der Waals surface area contributed by atoms with Crippen LogP contribution < -0.4 is 5.32 Å². The van der Waals surface area contributed by atoms with Crippen LogP contribution in [0.2, 0.25) is 5.02 Å². The fourth-order valence-electron chi connectivity index (χ4n) is 3.46. The number of hydrogen-bond donors (Lipinski definition) is 1. The highest BCUT2D eigenvalue weighted by Gasteiger charge is 2.24. The maximum atomic E-state index is 13.9. The molecule has 1 amide bonds. The van der Waals surface area contributed by atoms with Gasteiger partial charge in [-0.15, -0.1) is 0 Å². The van der Waals surface area contributed by atoms with E-state index in [1.165, 1.54) is 11.6 Å². The molecule has 1 heterocycles. The first-order valence-corrected chi connectivity index (χ1v) is 9.56. The van der Waals surface area contributed by atoms with E-state index in [0.29, 0.717) is 17.1 Å². The van der Waals surface area contributed by atoms with Crippen LogP contribution in [0.15, 0.2) is 48.5 Å². The first kappa shape index (κ1) is 19.8. The Morgan fingerprint density at radius 3 is 2.78 bits per heavy atom. The molecule has 2 aromatic carbocycles. The molecule has 0 spiro atoms. The largest absolute Gasteiger partial charge is 0.351 e. The minimum absolute atomic E-state index is 0.0449. The number of benzene rings is 2. The van der Waals surface area contributed by atoms with E-state index in [1.807, 2.05) is 18.2 Å². The number of nitrogens with zero attached hydrogens (tertiary/aromatic N) is 2. The zero-order chi connectivity index (χ0) is 19.2. The van der Waals surface area contributed by atoms with Crippen LogP contribution in [0.25, 0.3) is 0 Å². The van der Waals surface area contributed by atoms with Gasteiger partial charge in [0.05, 0.1) is 6.54 Å².